The summed E-state index contributed by atoms with van der Waals surface area (Å²) in [5, 5.41) is 0. The number of halogens is 1. The van der Waals surface area contributed by atoms with Gasteiger partial charge in [0.25, 0.3) is 0 Å². The highest BCUT2D eigenvalue weighted by Crippen LogP contribution is 2.46. The lowest BCUT2D eigenvalue weighted by Crippen LogP contribution is -2.41. The summed E-state index contributed by atoms with van der Waals surface area (Å²) in [7, 11) is 1.59. The summed E-state index contributed by atoms with van der Waals surface area (Å²) in [4.78, 5) is 41.9. The summed E-state index contributed by atoms with van der Waals surface area (Å²) in [5.74, 6) is 1.25. The number of H-pyrrole nitrogens is 1. The molecule has 0 fully saturated rings. The number of aromatic amines is 1. The Balaban J connectivity index is 1.35. The molecule has 2 heterocycles. The fourth-order valence-corrected chi connectivity index (χ4v) is 6.38. The number of nitrogens with zero attached hydrogens (tertiary/aromatic N) is 2. The van der Waals surface area contributed by atoms with E-state index >= 15 is 0 Å². The van der Waals surface area contributed by atoms with Gasteiger partial charge in [-0.3, -0.25) is 14.6 Å². The van der Waals surface area contributed by atoms with E-state index < -0.39 is 5.41 Å². The first-order valence-electron chi connectivity index (χ1n) is 14.6. The smallest absolute Gasteiger partial charge is 0.182 e. The molecular weight excluding hydrogens is 630 g/mol. The number of imidazole rings is 1. The number of carbonyl (C=O) groups excluding carboxylic acids is 2. The molecule has 1 atom stereocenters. The van der Waals surface area contributed by atoms with Gasteiger partial charge in [0.15, 0.2) is 11.6 Å². The molecule has 7 nitrogen and oxygen atoms in total. The molecule has 0 aliphatic heterocycles. The highest BCUT2D eigenvalue weighted by atomic mass is 79.9. The number of benzene rings is 4. The van der Waals surface area contributed by atoms with Crippen LogP contribution in [0.15, 0.2) is 114 Å². The van der Waals surface area contributed by atoms with Crippen molar-refractivity contribution in [3.63, 3.8) is 0 Å². The summed E-state index contributed by atoms with van der Waals surface area (Å²) in [5.41, 5.74) is 3.76. The molecule has 6 aromatic rings. The van der Waals surface area contributed by atoms with E-state index in [0.717, 1.165) is 21.2 Å². The molecule has 1 unspecified atom stereocenters. The lowest BCUT2D eigenvalue weighted by Gasteiger charge is -2.27. The van der Waals surface area contributed by atoms with Crippen molar-refractivity contribution in [2.75, 3.05) is 7.11 Å². The lowest BCUT2D eigenvalue weighted by molar-refractivity contribution is 0.0794. The largest absolute Gasteiger partial charge is 0.494 e. The van der Waals surface area contributed by atoms with Crippen LogP contribution in [0.2, 0.25) is 0 Å². The van der Waals surface area contributed by atoms with E-state index in [1.165, 1.54) is 0 Å². The summed E-state index contributed by atoms with van der Waals surface area (Å²) >= 11 is 3.49. The molecule has 0 radical (unpaired) electrons. The van der Waals surface area contributed by atoms with Gasteiger partial charge in [0.2, 0.25) is 0 Å². The molecule has 8 heteroatoms. The summed E-state index contributed by atoms with van der Waals surface area (Å²) in [6, 6.07) is 30.3. The molecule has 2 aromatic heterocycles. The Morgan fingerprint density at radius 2 is 1.56 bits per heavy atom. The molecule has 0 saturated heterocycles. The van der Waals surface area contributed by atoms with Crippen LogP contribution in [0.3, 0.4) is 0 Å². The van der Waals surface area contributed by atoms with Crippen molar-refractivity contribution in [1.29, 1.82) is 0 Å². The second kappa shape index (κ2) is 11.8. The van der Waals surface area contributed by atoms with Gasteiger partial charge in [0.1, 0.15) is 34.9 Å². The first-order chi connectivity index (χ1) is 22.0. The van der Waals surface area contributed by atoms with Gasteiger partial charge in [0.05, 0.1) is 12.6 Å². The van der Waals surface area contributed by atoms with Crippen LogP contribution in [0.5, 0.6) is 11.5 Å². The first-order valence-corrected chi connectivity index (χ1v) is 15.4. The van der Waals surface area contributed by atoms with Crippen molar-refractivity contribution in [3.8, 4) is 11.5 Å². The van der Waals surface area contributed by atoms with Crippen LogP contribution in [0.4, 0.5) is 0 Å². The number of rotatable bonds is 9. The first kappa shape index (κ1) is 28.7. The maximum Gasteiger partial charge on any atom is 0.182 e. The Bertz CT molecular complexity index is 2040. The average Bonchev–Trinajstić information content (AvgIpc) is 3.58. The number of hydrogen-bond acceptors (Lipinski definition) is 6. The molecule has 0 bridgehead atoms. The fraction of sp³-hybridized carbons (Fsp3) is 0.135. The SMILES string of the molecule is COc1ccc(C2(Cc3ccncc3)C(=O)c3ccc(OCc4ccccc4)cc3C2=O)c2nc(Cc3ccc(Br)cc3)[nH]c12. The summed E-state index contributed by atoms with van der Waals surface area (Å²) in [6.07, 6.45) is 4.03. The molecule has 4 aromatic carbocycles. The number of pyridine rings is 1. The number of aromatic nitrogens is 3. The lowest BCUT2D eigenvalue weighted by atomic mass is 9.71. The van der Waals surface area contributed by atoms with E-state index in [1.807, 2.05) is 66.7 Å². The van der Waals surface area contributed by atoms with Crippen molar-refractivity contribution in [1.82, 2.24) is 15.0 Å². The van der Waals surface area contributed by atoms with Crippen molar-refractivity contribution < 1.29 is 19.1 Å². The molecule has 1 aliphatic rings. The van der Waals surface area contributed by atoms with Crippen LogP contribution in [0, 0.1) is 0 Å². The van der Waals surface area contributed by atoms with Crippen molar-refractivity contribution in [2.24, 2.45) is 0 Å². The van der Waals surface area contributed by atoms with E-state index in [2.05, 4.69) is 25.9 Å². The Hall–Kier alpha value is -5.08. The predicted molar refractivity (Wildman–Crippen MR) is 175 cm³/mol. The number of ether oxygens (including phenoxy) is 2. The Kier molecular flexibility index (Phi) is 7.51. The molecule has 45 heavy (non-hydrogen) atoms. The maximum atomic E-state index is 14.7. The van der Waals surface area contributed by atoms with E-state index in [9.17, 15) is 9.59 Å². The van der Waals surface area contributed by atoms with Gasteiger partial charge in [-0.2, -0.15) is 0 Å². The fourth-order valence-electron chi connectivity index (χ4n) is 6.12. The zero-order chi connectivity index (χ0) is 31.0. The number of methoxy groups -OCH3 is 1. The number of carbonyl (C=O) groups is 2. The van der Waals surface area contributed by atoms with Gasteiger partial charge in [-0.25, -0.2) is 4.98 Å². The van der Waals surface area contributed by atoms with Crippen molar-refractivity contribution in [3.05, 3.63) is 153 Å². The molecule has 222 valence electrons. The van der Waals surface area contributed by atoms with Crippen LogP contribution < -0.4 is 9.47 Å². The summed E-state index contributed by atoms with van der Waals surface area (Å²) < 4.78 is 12.7. The summed E-state index contributed by atoms with van der Waals surface area (Å²) in [6.45, 7) is 0.345. The number of Topliss-reactive ketones (excluding diaryl/α,β-unsaturated/α-hetero) is 2. The number of ketones is 2. The zero-order valence-electron chi connectivity index (χ0n) is 24.4. The van der Waals surface area contributed by atoms with E-state index in [0.29, 0.717) is 58.1 Å². The van der Waals surface area contributed by atoms with Crippen molar-refractivity contribution >= 4 is 38.5 Å². The van der Waals surface area contributed by atoms with Crippen LogP contribution in [-0.4, -0.2) is 33.6 Å². The molecule has 0 saturated carbocycles. The Labute approximate surface area is 268 Å². The zero-order valence-corrected chi connectivity index (χ0v) is 26.0. The van der Waals surface area contributed by atoms with Gasteiger partial charge < -0.3 is 14.5 Å². The molecular formula is C37H28BrN3O4. The highest BCUT2D eigenvalue weighted by molar-refractivity contribution is 9.10. The van der Waals surface area contributed by atoms with E-state index in [4.69, 9.17) is 14.5 Å². The molecule has 7 rings (SSSR count). The molecule has 0 amide bonds. The average molecular weight is 659 g/mol. The Morgan fingerprint density at radius 3 is 2.31 bits per heavy atom. The van der Waals surface area contributed by atoms with Gasteiger partial charge >= 0.3 is 0 Å². The van der Waals surface area contributed by atoms with Crippen LogP contribution >= 0.6 is 15.9 Å². The van der Waals surface area contributed by atoms with Gasteiger partial charge in [-0.05, 0) is 71.6 Å². The second-order valence-corrected chi connectivity index (χ2v) is 12.0. The maximum absolute atomic E-state index is 14.7. The quantitative estimate of drug-likeness (QED) is 0.162. The van der Waals surface area contributed by atoms with Crippen molar-refractivity contribution in [2.45, 2.75) is 24.9 Å². The second-order valence-electron chi connectivity index (χ2n) is 11.1. The Morgan fingerprint density at radius 1 is 0.800 bits per heavy atom. The predicted octanol–water partition coefficient (Wildman–Crippen LogP) is 7.46. The topological polar surface area (TPSA) is 94.2 Å². The minimum atomic E-state index is -1.55. The number of fused-ring (bicyclic) bond motifs is 2. The van der Waals surface area contributed by atoms with Crippen LogP contribution in [0.25, 0.3) is 11.0 Å². The van der Waals surface area contributed by atoms with Crippen LogP contribution in [0.1, 0.15) is 48.8 Å². The highest BCUT2D eigenvalue weighted by Gasteiger charge is 2.55. The molecule has 1 aliphatic carbocycles. The minimum Gasteiger partial charge on any atom is -0.494 e. The number of hydrogen-bond donors (Lipinski definition) is 1. The van der Waals surface area contributed by atoms with Crippen LogP contribution in [-0.2, 0) is 24.9 Å². The minimum absolute atomic E-state index is 0.151. The van der Waals surface area contributed by atoms with E-state index in [-0.39, 0.29) is 18.0 Å². The standard InChI is InChI=1S/C37H28BrN3O4/c1-44-31-14-13-30(33-34(31)41-32(40-33)19-23-7-9-26(38)10-8-23)37(21-24-15-17-39-18-16-24)35(42)28-12-11-27(20-29(28)36(37)43)45-22-25-5-3-2-4-6-25/h2-18,20H,19,21-22H2,1H3,(H,40,41). The molecule has 0 spiro atoms. The van der Waals surface area contributed by atoms with E-state index in [1.54, 1.807) is 49.8 Å². The molecule has 1 N–H and O–H groups in total. The monoisotopic (exact) mass is 657 g/mol. The number of nitrogens with one attached hydrogen (secondary N) is 1. The normalized spacial score (nSPS) is 15.8. The third-order valence-corrected chi connectivity index (χ3v) is 8.87. The van der Waals surface area contributed by atoms with Gasteiger partial charge in [-0.1, -0.05) is 64.5 Å². The van der Waals surface area contributed by atoms with Gasteiger partial charge in [0, 0.05) is 40.0 Å². The van der Waals surface area contributed by atoms with Gasteiger partial charge in [-0.15, -0.1) is 0 Å². The third-order valence-electron chi connectivity index (χ3n) is 8.34. The third kappa shape index (κ3) is 5.21.